The van der Waals surface area contributed by atoms with Crippen LogP contribution in [0.5, 0.6) is 0 Å². The van der Waals surface area contributed by atoms with Gasteiger partial charge < -0.3 is 15.4 Å². The molecule has 0 spiro atoms. The Morgan fingerprint density at radius 3 is 2.65 bits per heavy atom. The monoisotopic (exact) mass is 463 g/mol. The van der Waals surface area contributed by atoms with Crippen molar-refractivity contribution in [2.45, 2.75) is 13.0 Å². The van der Waals surface area contributed by atoms with Crippen molar-refractivity contribution in [3.8, 4) is 0 Å². The number of anilines is 4. The highest BCUT2D eigenvalue weighted by Gasteiger charge is 2.21. The summed E-state index contributed by atoms with van der Waals surface area (Å²) in [5.41, 5.74) is 0.721. The lowest BCUT2D eigenvalue weighted by atomic mass is 10.2. The fourth-order valence-electron chi connectivity index (χ4n) is 2.76. The van der Waals surface area contributed by atoms with Crippen molar-refractivity contribution in [1.29, 1.82) is 0 Å². The molecule has 0 saturated heterocycles. The number of urea groups is 1. The minimum absolute atomic E-state index is 0.0568. The van der Waals surface area contributed by atoms with Crippen molar-refractivity contribution < 1.29 is 13.9 Å². The molecule has 0 fully saturated rings. The van der Waals surface area contributed by atoms with Gasteiger partial charge in [0.2, 0.25) is 5.95 Å². The van der Waals surface area contributed by atoms with Gasteiger partial charge in [0, 0.05) is 30.4 Å². The highest BCUT2D eigenvalue weighted by molar-refractivity contribution is 6.35. The molecule has 0 radical (unpaired) electrons. The molecule has 0 aliphatic rings. The zero-order chi connectivity index (χ0) is 22.4. The van der Waals surface area contributed by atoms with Gasteiger partial charge in [0.25, 0.3) is 0 Å². The molecular weight excluding hydrogens is 444 g/mol. The molecule has 0 unspecified atom stereocenters. The second-order valence-corrected chi connectivity index (χ2v) is 7.45. The Labute approximate surface area is 189 Å². The first-order chi connectivity index (χ1) is 14.9. The van der Waals surface area contributed by atoms with E-state index >= 15 is 0 Å². The first kappa shape index (κ1) is 22.7. The third kappa shape index (κ3) is 6.04. The van der Waals surface area contributed by atoms with Crippen molar-refractivity contribution in [2.24, 2.45) is 0 Å². The molecule has 162 valence electrons. The van der Waals surface area contributed by atoms with Crippen molar-refractivity contribution in [3.05, 3.63) is 70.6 Å². The molecule has 0 aliphatic carbocycles. The Morgan fingerprint density at radius 1 is 1.19 bits per heavy atom. The number of amides is 2. The number of carbonyl (C=O) groups is 1. The van der Waals surface area contributed by atoms with E-state index in [9.17, 15) is 9.18 Å². The standard InChI is InChI=1S/C21H20Cl2FN5O2/c1-13(12-31-2)26-20-25-10-9-19(28-20)29(16-6-4-15(24)5-7-16)21(30)27-18-11-14(22)3-8-17(18)23/h3-11,13H,12H2,1-2H3,(H,27,30)(H,25,26,28)/t13-/m0/s1. The lowest BCUT2D eigenvalue weighted by Gasteiger charge is -2.23. The van der Waals surface area contributed by atoms with E-state index in [0.717, 1.165) is 0 Å². The summed E-state index contributed by atoms with van der Waals surface area (Å²) in [5, 5.41) is 6.54. The lowest BCUT2D eigenvalue weighted by Crippen LogP contribution is -2.32. The molecule has 31 heavy (non-hydrogen) atoms. The number of aromatic nitrogens is 2. The number of halogens is 3. The van der Waals surface area contributed by atoms with E-state index in [2.05, 4.69) is 20.6 Å². The zero-order valence-corrected chi connectivity index (χ0v) is 18.3. The molecule has 0 bridgehead atoms. The van der Waals surface area contributed by atoms with Crippen molar-refractivity contribution in [3.63, 3.8) is 0 Å². The second kappa shape index (κ2) is 10.4. The first-order valence-electron chi connectivity index (χ1n) is 9.27. The van der Waals surface area contributed by atoms with Crippen LogP contribution in [0.2, 0.25) is 10.0 Å². The highest BCUT2D eigenvalue weighted by Crippen LogP contribution is 2.29. The molecule has 0 aliphatic heterocycles. The number of ether oxygens (including phenoxy) is 1. The summed E-state index contributed by atoms with van der Waals surface area (Å²) in [6.07, 6.45) is 1.51. The second-order valence-electron chi connectivity index (χ2n) is 6.61. The number of methoxy groups -OCH3 is 1. The number of rotatable bonds is 7. The van der Waals surface area contributed by atoms with E-state index < -0.39 is 11.8 Å². The molecule has 2 amide bonds. The van der Waals surface area contributed by atoms with E-state index in [1.54, 1.807) is 25.3 Å². The predicted molar refractivity (Wildman–Crippen MR) is 121 cm³/mol. The Bertz CT molecular complexity index is 1050. The molecule has 2 aromatic carbocycles. The summed E-state index contributed by atoms with van der Waals surface area (Å²) in [7, 11) is 1.59. The van der Waals surface area contributed by atoms with Gasteiger partial charge in [-0.1, -0.05) is 23.2 Å². The Balaban J connectivity index is 1.96. The molecule has 10 heteroatoms. The average molecular weight is 464 g/mol. The first-order valence-corrected chi connectivity index (χ1v) is 10.0. The average Bonchev–Trinajstić information content (AvgIpc) is 2.73. The topological polar surface area (TPSA) is 79.4 Å². The Kier molecular flexibility index (Phi) is 7.62. The minimum atomic E-state index is -0.564. The van der Waals surface area contributed by atoms with Crippen LogP contribution >= 0.6 is 23.2 Å². The zero-order valence-electron chi connectivity index (χ0n) is 16.8. The quantitative estimate of drug-likeness (QED) is 0.466. The van der Waals surface area contributed by atoms with Gasteiger partial charge in [0.15, 0.2) is 0 Å². The third-order valence-electron chi connectivity index (χ3n) is 4.12. The Morgan fingerprint density at radius 2 is 1.94 bits per heavy atom. The Hall–Kier alpha value is -2.94. The van der Waals surface area contributed by atoms with Crippen molar-refractivity contribution >= 4 is 52.4 Å². The fourth-order valence-corrected chi connectivity index (χ4v) is 3.10. The van der Waals surface area contributed by atoms with Gasteiger partial charge in [-0.05, 0) is 49.4 Å². The third-order valence-corrected chi connectivity index (χ3v) is 4.68. The minimum Gasteiger partial charge on any atom is -0.383 e. The van der Waals surface area contributed by atoms with Gasteiger partial charge in [0.05, 0.1) is 23.0 Å². The summed E-state index contributed by atoms with van der Waals surface area (Å²) >= 11 is 12.2. The van der Waals surface area contributed by atoms with Crippen molar-refractivity contribution in [1.82, 2.24) is 9.97 Å². The molecule has 2 N–H and O–H groups in total. The maximum Gasteiger partial charge on any atom is 0.332 e. The normalized spacial score (nSPS) is 11.6. The smallest absolute Gasteiger partial charge is 0.332 e. The lowest BCUT2D eigenvalue weighted by molar-refractivity contribution is 0.190. The number of nitrogens with one attached hydrogen (secondary N) is 2. The molecular formula is C21H20Cl2FN5O2. The van der Waals surface area contributed by atoms with Gasteiger partial charge in [-0.3, -0.25) is 0 Å². The van der Waals surface area contributed by atoms with E-state index in [1.807, 2.05) is 6.92 Å². The fraction of sp³-hybridized carbons (Fsp3) is 0.190. The van der Waals surface area contributed by atoms with Crippen molar-refractivity contribution in [2.75, 3.05) is 29.3 Å². The van der Waals surface area contributed by atoms with Gasteiger partial charge in [-0.25, -0.2) is 19.1 Å². The van der Waals surface area contributed by atoms with Crippen LogP contribution < -0.4 is 15.5 Å². The summed E-state index contributed by atoms with van der Waals surface area (Å²) in [6.45, 7) is 2.36. The van der Waals surface area contributed by atoms with Crippen LogP contribution in [0.4, 0.5) is 32.3 Å². The molecule has 3 aromatic rings. The molecule has 0 saturated carbocycles. The molecule has 1 heterocycles. The van der Waals surface area contributed by atoms with Crippen LogP contribution in [-0.2, 0) is 4.74 Å². The SMILES string of the molecule is COC[C@H](C)Nc1nccc(N(C(=O)Nc2cc(Cl)ccc2Cl)c2ccc(F)cc2)n1. The van der Waals surface area contributed by atoms with Gasteiger partial charge in [0.1, 0.15) is 11.6 Å². The van der Waals surface area contributed by atoms with Gasteiger partial charge in [-0.15, -0.1) is 0 Å². The van der Waals surface area contributed by atoms with Crippen LogP contribution in [0.1, 0.15) is 6.92 Å². The highest BCUT2D eigenvalue weighted by atomic mass is 35.5. The van der Waals surface area contributed by atoms with E-state index in [4.69, 9.17) is 27.9 Å². The number of hydrogen-bond donors (Lipinski definition) is 2. The van der Waals surface area contributed by atoms with E-state index in [0.29, 0.717) is 34.0 Å². The number of carbonyl (C=O) groups excluding carboxylic acids is 1. The molecule has 1 aromatic heterocycles. The van der Waals surface area contributed by atoms with Crippen LogP contribution in [0, 0.1) is 5.82 Å². The molecule has 7 nitrogen and oxygen atoms in total. The number of nitrogens with zero attached hydrogens (tertiary/aromatic N) is 3. The largest absolute Gasteiger partial charge is 0.383 e. The molecule has 1 atom stereocenters. The summed E-state index contributed by atoms with van der Waals surface area (Å²) in [4.78, 5) is 23.1. The van der Waals surface area contributed by atoms with Crippen LogP contribution in [-0.4, -0.2) is 35.8 Å². The van der Waals surface area contributed by atoms with Crippen LogP contribution in [0.3, 0.4) is 0 Å². The van der Waals surface area contributed by atoms with Crippen LogP contribution in [0.25, 0.3) is 0 Å². The predicted octanol–water partition coefficient (Wildman–Crippen LogP) is 5.74. The maximum atomic E-state index is 13.5. The molecule has 3 rings (SSSR count). The number of benzene rings is 2. The number of hydrogen-bond acceptors (Lipinski definition) is 5. The summed E-state index contributed by atoms with van der Waals surface area (Å²) in [6, 6.07) is 11.1. The maximum absolute atomic E-state index is 13.5. The summed E-state index contributed by atoms with van der Waals surface area (Å²) < 4.78 is 18.6. The van der Waals surface area contributed by atoms with E-state index in [1.165, 1.54) is 41.4 Å². The summed E-state index contributed by atoms with van der Waals surface area (Å²) in [5.74, 6) is 0.146. The van der Waals surface area contributed by atoms with Gasteiger partial charge >= 0.3 is 6.03 Å². The van der Waals surface area contributed by atoms with E-state index in [-0.39, 0.29) is 11.9 Å². The van der Waals surface area contributed by atoms with Gasteiger partial charge in [-0.2, -0.15) is 4.98 Å². The van der Waals surface area contributed by atoms with Crippen LogP contribution in [0.15, 0.2) is 54.7 Å².